The van der Waals surface area contributed by atoms with Crippen LogP contribution in [0.25, 0.3) is 0 Å². The van der Waals surface area contributed by atoms with Crippen LogP contribution in [0.15, 0.2) is 24.3 Å². The summed E-state index contributed by atoms with van der Waals surface area (Å²) in [6.07, 6.45) is 0. The zero-order chi connectivity index (χ0) is 9.84. The van der Waals surface area contributed by atoms with E-state index in [0.717, 1.165) is 5.69 Å². The second kappa shape index (κ2) is 4.03. The van der Waals surface area contributed by atoms with Crippen LogP contribution in [0.4, 0.5) is 10.1 Å². The molecule has 0 saturated carbocycles. The van der Waals surface area contributed by atoms with Gasteiger partial charge in [0.15, 0.2) is 12.5 Å². The van der Waals surface area contributed by atoms with Gasteiger partial charge in [-0.25, -0.2) is 4.39 Å². The predicted octanol–water partition coefficient (Wildman–Crippen LogP) is 1.90. The summed E-state index contributed by atoms with van der Waals surface area (Å²) in [5, 5.41) is 0. The number of carbonyl (C=O) groups is 1. The molecule has 0 aromatic heterocycles. The van der Waals surface area contributed by atoms with Crippen LogP contribution in [0, 0.1) is 0 Å². The van der Waals surface area contributed by atoms with Gasteiger partial charge >= 0.3 is 0 Å². The van der Waals surface area contributed by atoms with E-state index in [1.807, 2.05) is 19.0 Å². The van der Waals surface area contributed by atoms with Crippen molar-refractivity contribution >= 4 is 11.5 Å². The van der Waals surface area contributed by atoms with Crippen LogP contribution in [-0.4, -0.2) is 26.6 Å². The van der Waals surface area contributed by atoms with Crippen molar-refractivity contribution in [2.45, 2.75) is 0 Å². The molecule has 13 heavy (non-hydrogen) atoms. The molecule has 0 fully saturated rings. The number of rotatable bonds is 3. The Balaban J connectivity index is 2.87. The number of anilines is 1. The fraction of sp³-hybridized carbons (Fsp3) is 0.300. The highest BCUT2D eigenvalue weighted by molar-refractivity contribution is 5.97. The lowest BCUT2D eigenvalue weighted by atomic mass is 10.1. The quantitative estimate of drug-likeness (QED) is 0.664. The monoisotopic (exact) mass is 181 g/mol. The Morgan fingerprint density at radius 1 is 1.31 bits per heavy atom. The fourth-order valence-electron chi connectivity index (χ4n) is 1.02. The van der Waals surface area contributed by atoms with Crippen molar-refractivity contribution in [3.63, 3.8) is 0 Å². The molecule has 3 heteroatoms. The lowest BCUT2D eigenvalue weighted by molar-refractivity contribution is 0.0958. The van der Waals surface area contributed by atoms with Gasteiger partial charge in [-0.05, 0) is 24.3 Å². The van der Waals surface area contributed by atoms with Crippen molar-refractivity contribution in [3.8, 4) is 0 Å². The number of carbonyl (C=O) groups excluding carboxylic acids is 1. The molecule has 0 aliphatic carbocycles. The number of ketones is 1. The van der Waals surface area contributed by atoms with Gasteiger partial charge in [-0.3, -0.25) is 4.79 Å². The molecule has 0 radical (unpaired) electrons. The van der Waals surface area contributed by atoms with Gasteiger partial charge in [-0.2, -0.15) is 0 Å². The van der Waals surface area contributed by atoms with Crippen LogP contribution in [-0.2, 0) is 0 Å². The summed E-state index contributed by atoms with van der Waals surface area (Å²) in [5.74, 6) is -0.467. The number of Topliss-reactive ketones (excluding diaryl/α,β-unsaturated/α-hetero) is 1. The van der Waals surface area contributed by atoms with Crippen LogP contribution >= 0.6 is 0 Å². The van der Waals surface area contributed by atoms with Gasteiger partial charge in [0.2, 0.25) is 0 Å². The molecule has 0 aliphatic heterocycles. The maximum Gasteiger partial charge on any atom is 0.193 e. The molecule has 0 spiro atoms. The zero-order valence-corrected chi connectivity index (χ0v) is 7.75. The van der Waals surface area contributed by atoms with Crippen molar-refractivity contribution in [1.29, 1.82) is 0 Å². The molecule has 0 amide bonds. The lowest BCUT2D eigenvalue weighted by Gasteiger charge is -2.11. The molecule has 2 nitrogen and oxygen atoms in total. The van der Waals surface area contributed by atoms with Gasteiger partial charge in [0, 0.05) is 25.3 Å². The Hall–Kier alpha value is -1.38. The van der Waals surface area contributed by atoms with Gasteiger partial charge in [-0.1, -0.05) is 0 Å². The van der Waals surface area contributed by atoms with E-state index < -0.39 is 12.5 Å². The van der Waals surface area contributed by atoms with Crippen LogP contribution in [0.3, 0.4) is 0 Å². The highest BCUT2D eigenvalue weighted by Gasteiger charge is 2.04. The maximum absolute atomic E-state index is 12.0. The van der Waals surface area contributed by atoms with E-state index in [2.05, 4.69) is 0 Å². The van der Waals surface area contributed by atoms with Crippen molar-refractivity contribution in [2.24, 2.45) is 0 Å². The van der Waals surface area contributed by atoms with E-state index in [1.54, 1.807) is 24.3 Å². The second-order valence-electron chi connectivity index (χ2n) is 3.00. The first-order chi connectivity index (χ1) is 6.15. The van der Waals surface area contributed by atoms with E-state index >= 15 is 0 Å². The minimum absolute atomic E-state index is 0.424. The Kier molecular flexibility index (Phi) is 3.01. The third-order valence-corrected chi connectivity index (χ3v) is 1.83. The summed E-state index contributed by atoms with van der Waals surface area (Å²) in [6.45, 7) is -0.929. The molecule has 70 valence electrons. The summed E-state index contributed by atoms with van der Waals surface area (Å²) in [5.41, 5.74) is 1.42. The molecular formula is C10H12FNO. The molecule has 0 aliphatic rings. The van der Waals surface area contributed by atoms with E-state index in [-0.39, 0.29) is 0 Å². The van der Waals surface area contributed by atoms with E-state index in [0.29, 0.717) is 5.56 Å². The van der Waals surface area contributed by atoms with Gasteiger partial charge in [-0.15, -0.1) is 0 Å². The fourth-order valence-corrected chi connectivity index (χ4v) is 1.02. The highest BCUT2D eigenvalue weighted by atomic mass is 19.1. The standard InChI is InChI=1S/C10H12FNO/c1-12(2)9-5-3-8(4-6-9)10(13)7-11/h3-6H,7H2,1-2H3. The van der Waals surface area contributed by atoms with Gasteiger partial charge in [0.25, 0.3) is 0 Å². The smallest absolute Gasteiger partial charge is 0.193 e. The van der Waals surface area contributed by atoms with Gasteiger partial charge < -0.3 is 4.90 Å². The van der Waals surface area contributed by atoms with E-state index in [4.69, 9.17) is 0 Å². The summed E-state index contributed by atoms with van der Waals surface area (Å²) >= 11 is 0. The third-order valence-electron chi connectivity index (χ3n) is 1.83. The molecule has 1 aromatic rings. The molecule has 0 N–H and O–H groups in total. The summed E-state index contributed by atoms with van der Waals surface area (Å²) < 4.78 is 12.0. The minimum atomic E-state index is -0.929. The molecule has 0 unspecified atom stereocenters. The van der Waals surface area contributed by atoms with Crippen LogP contribution in [0.2, 0.25) is 0 Å². The first-order valence-corrected chi connectivity index (χ1v) is 4.01. The van der Waals surface area contributed by atoms with Gasteiger partial charge in [0.1, 0.15) is 0 Å². The molecule has 0 atom stereocenters. The van der Waals surface area contributed by atoms with Crippen molar-refractivity contribution in [2.75, 3.05) is 25.7 Å². The average Bonchev–Trinajstić information content (AvgIpc) is 2.17. The SMILES string of the molecule is CN(C)c1ccc(C(=O)CF)cc1. The normalized spacial score (nSPS) is 9.77. The average molecular weight is 181 g/mol. The largest absolute Gasteiger partial charge is 0.378 e. The van der Waals surface area contributed by atoms with Crippen molar-refractivity contribution in [3.05, 3.63) is 29.8 Å². The Labute approximate surface area is 77.0 Å². The van der Waals surface area contributed by atoms with Crippen LogP contribution in [0.5, 0.6) is 0 Å². The maximum atomic E-state index is 12.0. The topological polar surface area (TPSA) is 20.3 Å². The number of halogens is 1. The molecule has 0 saturated heterocycles. The molecule has 0 heterocycles. The Morgan fingerprint density at radius 2 is 1.85 bits per heavy atom. The van der Waals surface area contributed by atoms with Crippen molar-refractivity contribution < 1.29 is 9.18 Å². The second-order valence-corrected chi connectivity index (χ2v) is 3.00. The third kappa shape index (κ3) is 2.28. The van der Waals surface area contributed by atoms with Crippen LogP contribution < -0.4 is 4.90 Å². The Morgan fingerprint density at radius 3 is 2.23 bits per heavy atom. The van der Waals surface area contributed by atoms with E-state index in [1.165, 1.54) is 0 Å². The van der Waals surface area contributed by atoms with E-state index in [9.17, 15) is 9.18 Å². The molecular weight excluding hydrogens is 169 g/mol. The van der Waals surface area contributed by atoms with Crippen LogP contribution in [0.1, 0.15) is 10.4 Å². The predicted molar refractivity (Wildman–Crippen MR) is 51.1 cm³/mol. The molecule has 0 bridgehead atoms. The summed E-state index contributed by atoms with van der Waals surface area (Å²) in [7, 11) is 3.82. The molecule has 1 rings (SSSR count). The van der Waals surface area contributed by atoms with Crippen molar-refractivity contribution in [1.82, 2.24) is 0 Å². The highest BCUT2D eigenvalue weighted by Crippen LogP contribution is 2.12. The Bertz CT molecular complexity index is 292. The number of hydrogen-bond acceptors (Lipinski definition) is 2. The zero-order valence-electron chi connectivity index (χ0n) is 7.75. The first kappa shape index (κ1) is 9.71. The molecule has 1 aromatic carbocycles. The summed E-state index contributed by atoms with van der Waals surface area (Å²) in [6, 6.07) is 6.86. The summed E-state index contributed by atoms with van der Waals surface area (Å²) in [4.78, 5) is 12.8. The van der Waals surface area contributed by atoms with Gasteiger partial charge in [0.05, 0.1) is 0 Å². The number of hydrogen-bond donors (Lipinski definition) is 0. The number of alkyl halides is 1. The first-order valence-electron chi connectivity index (χ1n) is 4.01. The minimum Gasteiger partial charge on any atom is -0.378 e. The number of nitrogens with zero attached hydrogens (tertiary/aromatic N) is 1. The number of benzene rings is 1. The lowest BCUT2D eigenvalue weighted by Crippen LogP contribution is -2.09.